The highest BCUT2D eigenvalue weighted by molar-refractivity contribution is 6.00. The Morgan fingerprint density at radius 2 is 1.76 bits per heavy atom. The highest BCUT2D eigenvalue weighted by Crippen LogP contribution is 2.17. The molecule has 2 fully saturated rings. The van der Waals surface area contributed by atoms with E-state index in [0.29, 0.717) is 19.3 Å². The maximum atomic E-state index is 10.8. The first kappa shape index (κ1) is 26.3. The molecule has 9 heteroatoms. The smallest absolute Gasteiger partial charge is 0.303 e. The molecule has 3 rings (SSSR count). The van der Waals surface area contributed by atoms with E-state index >= 15 is 0 Å². The molecule has 0 spiro atoms. The number of benzene rings is 1. The Kier molecular flexibility index (Phi) is 11.4. The molecule has 0 aliphatic carbocycles. The molecule has 3 amide bonds. The Labute approximate surface area is 195 Å². The first-order chi connectivity index (χ1) is 15.9. The number of piperidine rings is 1. The molecular weight excluding hydrogens is 424 g/mol. The largest absolute Gasteiger partial charge is 0.481 e. The molecule has 2 heterocycles. The first-order valence-corrected chi connectivity index (χ1v) is 11.7. The lowest BCUT2D eigenvalue weighted by Gasteiger charge is -2.36. The van der Waals surface area contributed by atoms with E-state index in [1.165, 1.54) is 17.7 Å². The van der Waals surface area contributed by atoms with Crippen LogP contribution < -0.4 is 15.5 Å². The summed E-state index contributed by atoms with van der Waals surface area (Å²) in [6.07, 6.45) is 5.64. The number of carboxylic acids is 1. The monoisotopic (exact) mass is 460 g/mol. The van der Waals surface area contributed by atoms with Crippen molar-refractivity contribution in [3.63, 3.8) is 0 Å². The van der Waals surface area contributed by atoms with Crippen molar-refractivity contribution in [3.8, 4) is 0 Å². The van der Waals surface area contributed by atoms with Gasteiger partial charge in [-0.1, -0.05) is 30.5 Å². The van der Waals surface area contributed by atoms with Crippen molar-refractivity contribution in [3.05, 3.63) is 29.8 Å². The minimum atomic E-state index is -0.674. The van der Waals surface area contributed by atoms with Crippen LogP contribution in [0.5, 0.6) is 0 Å². The minimum Gasteiger partial charge on any atom is -0.481 e. The minimum absolute atomic E-state index is 0.279. The van der Waals surface area contributed by atoms with Crippen LogP contribution in [0.25, 0.3) is 0 Å². The SMILES string of the molecule is Cc1ccc(N2CCN(CCCCCCC(=O)O)CC2)cc1.O=CNC1CCC(=O)NC1=O. The van der Waals surface area contributed by atoms with Gasteiger partial charge in [0.15, 0.2) is 0 Å². The van der Waals surface area contributed by atoms with Crippen LogP contribution in [0.2, 0.25) is 0 Å². The van der Waals surface area contributed by atoms with Crippen molar-refractivity contribution in [1.29, 1.82) is 0 Å². The number of carbonyl (C=O) groups excluding carboxylic acids is 3. The second-order valence-electron chi connectivity index (χ2n) is 8.51. The number of hydrogen-bond donors (Lipinski definition) is 3. The Bertz CT molecular complexity index is 776. The number of piperazine rings is 1. The first-order valence-electron chi connectivity index (χ1n) is 11.7. The van der Waals surface area contributed by atoms with Crippen molar-refractivity contribution in [1.82, 2.24) is 15.5 Å². The summed E-state index contributed by atoms with van der Waals surface area (Å²) in [5, 5.41) is 13.0. The molecule has 0 aromatic heterocycles. The van der Waals surface area contributed by atoms with Crippen molar-refractivity contribution in [2.75, 3.05) is 37.6 Å². The third-order valence-corrected chi connectivity index (χ3v) is 5.89. The van der Waals surface area contributed by atoms with E-state index in [2.05, 4.69) is 51.6 Å². The van der Waals surface area contributed by atoms with Gasteiger partial charge in [0.2, 0.25) is 18.2 Å². The molecule has 2 aliphatic heterocycles. The average molecular weight is 461 g/mol. The normalized spacial score (nSPS) is 18.7. The molecule has 1 unspecified atom stereocenters. The van der Waals surface area contributed by atoms with Crippen LogP contribution in [0.4, 0.5) is 5.69 Å². The zero-order valence-corrected chi connectivity index (χ0v) is 19.4. The Morgan fingerprint density at radius 3 is 2.36 bits per heavy atom. The number of imide groups is 1. The average Bonchev–Trinajstić information content (AvgIpc) is 2.79. The number of rotatable bonds is 10. The molecule has 2 aliphatic rings. The predicted molar refractivity (Wildman–Crippen MR) is 126 cm³/mol. The number of amides is 3. The van der Waals surface area contributed by atoms with Crippen LogP contribution in [0.1, 0.15) is 50.5 Å². The van der Waals surface area contributed by atoms with Crippen LogP contribution >= 0.6 is 0 Å². The van der Waals surface area contributed by atoms with E-state index in [4.69, 9.17) is 5.11 Å². The summed E-state index contributed by atoms with van der Waals surface area (Å²) in [6.45, 7) is 7.73. The molecule has 9 nitrogen and oxygen atoms in total. The van der Waals surface area contributed by atoms with Gasteiger partial charge >= 0.3 is 5.97 Å². The number of carbonyl (C=O) groups is 4. The second kappa shape index (κ2) is 14.3. The van der Waals surface area contributed by atoms with Gasteiger partial charge in [0.25, 0.3) is 0 Å². The Morgan fingerprint density at radius 1 is 1.09 bits per heavy atom. The fourth-order valence-electron chi connectivity index (χ4n) is 3.89. The van der Waals surface area contributed by atoms with E-state index < -0.39 is 17.9 Å². The van der Waals surface area contributed by atoms with Crippen molar-refractivity contribution < 1.29 is 24.3 Å². The van der Waals surface area contributed by atoms with Gasteiger partial charge in [-0.15, -0.1) is 0 Å². The van der Waals surface area contributed by atoms with Gasteiger partial charge in [0.1, 0.15) is 6.04 Å². The number of carboxylic acid groups (broad SMARTS) is 1. The van der Waals surface area contributed by atoms with Crippen LogP contribution in [-0.2, 0) is 19.2 Å². The van der Waals surface area contributed by atoms with E-state index in [0.717, 1.165) is 52.0 Å². The summed E-state index contributed by atoms with van der Waals surface area (Å²) in [7, 11) is 0. The van der Waals surface area contributed by atoms with Gasteiger partial charge in [-0.05, 0) is 44.9 Å². The second-order valence-corrected chi connectivity index (χ2v) is 8.51. The van der Waals surface area contributed by atoms with Crippen molar-refractivity contribution >= 4 is 29.9 Å². The molecule has 2 saturated heterocycles. The number of aliphatic carboxylic acids is 1. The molecule has 1 aromatic carbocycles. The van der Waals surface area contributed by atoms with E-state index in [1.54, 1.807) is 0 Å². The molecule has 1 aromatic rings. The van der Waals surface area contributed by atoms with Gasteiger partial charge in [0.05, 0.1) is 0 Å². The van der Waals surface area contributed by atoms with Crippen LogP contribution in [0, 0.1) is 6.92 Å². The summed E-state index contributed by atoms with van der Waals surface area (Å²) in [4.78, 5) is 46.8. The number of anilines is 1. The highest BCUT2D eigenvalue weighted by Gasteiger charge is 2.25. The summed E-state index contributed by atoms with van der Waals surface area (Å²) in [5.74, 6) is -1.38. The quantitative estimate of drug-likeness (QED) is 0.276. The Balaban J connectivity index is 0.000000294. The summed E-state index contributed by atoms with van der Waals surface area (Å²) >= 11 is 0. The van der Waals surface area contributed by atoms with Gasteiger partial charge in [-0.25, -0.2) is 0 Å². The number of aryl methyl sites for hydroxylation is 1. The van der Waals surface area contributed by atoms with Gasteiger partial charge in [-0.3, -0.25) is 29.4 Å². The van der Waals surface area contributed by atoms with Crippen LogP contribution in [-0.4, -0.2) is 73.0 Å². The third kappa shape index (κ3) is 10.0. The van der Waals surface area contributed by atoms with Crippen LogP contribution in [0.15, 0.2) is 24.3 Å². The molecule has 0 saturated carbocycles. The molecule has 3 N–H and O–H groups in total. The number of nitrogens with one attached hydrogen (secondary N) is 2. The summed E-state index contributed by atoms with van der Waals surface area (Å²) in [6, 6.07) is 8.25. The zero-order valence-electron chi connectivity index (χ0n) is 19.4. The van der Waals surface area contributed by atoms with Crippen molar-refractivity contribution in [2.45, 2.75) is 57.9 Å². The van der Waals surface area contributed by atoms with Gasteiger partial charge in [-0.2, -0.15) is 0 Å². The summed E-state index contributed by atoms with van der Waals surface area (Å²) in [5.41, 5.74) is 2.64. The van der Waals surface area contributed by atoms with Gasteiger partial charge in [0, 0.05) is 44.7 Å². The standard InChI is InChI=1S/C18H28N2O2.C6H8N2O3/c1-16-7-9-17(10-8-16)20-14-12-19(13-15-20)11-5-3-2-4-6-18(21)22;9-3-7-4-1-2-5(10)8-6(4)11/h7-10H,2-6,11-15H2,1H3,(H,21,22);3-4H,1-2H2,(H,7,9)(H,8,10,11). The summed E-state index contributed by atoms with van der Waals surface area (Å²) < 4.78 is 0. The lowest BCUT2D eigenvalue weighted by atomic mass is 10.1. The molecule has 1 atom stereocenters. The molecular formula is C24H36N4O5. The lowest BCUT2D eigenvalue weighted by molar-refractivity contribution is -0.137. The maximum absolute atomic E-state index is 10.8. The predicted octanol–water partition coefficient (Wildman–Crippen LogP) is 1.69. The van der Waals surface area contributed by atoms with Gasteiger partial charge < -0.3 is 15.3 Å². The van der Waals surface area contributed by atoms with Crippen molar-refractivity contribution in [2.24, 2.45) is 0 Å². The van der Waals surface area contributed by atoms with E-state index in [9.17, 15) is 19.2 Å². The number of hydrogen-bond acceptors (Lipinski definition) is 6. The third-order valence-electron chi connectivity index (χ3n) is 5.89. The Hall–Kier alpha value is -2.94. The molecule has 33 heavy (non-hydrogen) atoms. The molecule has 0 bridgehead atoms. The van der Waals surface area contributed by atoms with E-state index in [1.807, 2.05) is 0 Å². The number of unbranched alkanes of at least 4 members (excludes halogenated alkanes) is 3. The lowest BCUT2D eigenvalue weighted by Crippen LogP contribution is -2.50. The molecule has 182 valence electrons. The zero-order chi connectivity index (χ0) is 24.1. The molecule has 0 radical (unpaired) electrons. The van der Waals surface area contributed by atoms with Crippen LogP contribution in [0.3, 0.4) is 0 Å². The topological polar surface area (TPSA) is 119 Å². The maximum Gasteiger partial charge on any atom is 0.303 e. The fourth-order valence-corrected chi connectivity index (χ4v) is 3.89. The number of nitrogens with zero attached hydrogens (tertiary/aromatic N) is 2. The fraction of sp³-hybridized carbons (Fsp3) is 0.583. The van der Waals surface area contributed by atoms with E-state index in [-0.39, 0.29) is 12.3 Å². The highest BCUT2D eigenvalue weighted by atomic mass is 16.4.